The average Bonchev–Trinajstić information content (AvgIpc) is 2.01. The molecule has 0 aliphatic heterocycles. The number of pyridine rings is 1. The van der Waals surface area contributed by atoms with Crippen molar-refractivity contribution in [3.8, 4) is 6.07 Å². The van der Waals surface area contributed by atoms with E-state index >= 15 is 0 Å². The van der Waals surface area contributed by atoms with E-state index in [9.17, 15) is 8.42 Å². The molecule has 13 heavy (non-hydrogen) atoms. The highest BCUT2D eigenvalue weighted by atomic mass is 127. The lowest BCUT2D eigenvalue weighted by Gasteiger charge is -1.96. The number of hydrogen-bond donors (Lipinski definition) is 0. The molecule has 0 atom stereocenters. The number of rotatable bonds is 1. The van der Waals surface area contributed by atoms with Crippen molar-refractivity contribution in [3.05, 3.63) is 21.5 Å². The van der Waals surface area contributed by atoms with Crippen LogP contribution in [0.25, 0.3) is 0 Å². The van der Waals surface area contributed by atoms with Crippen LogP contribution in [0.2, 0.25) is 0 Å². The van der Waals surface area contributed by atoms with E-state index in [1.807, 2.05) is 22.6 Å². The summed E-state index contributed by atoms with van der Waals surface area (Å²) in [5.41, 5.74) is 0.0334. The van der Waals surface area contributed by atoms with Gasteiger partial charge in [-0.3, -0.25) is 0 Å². The molecule has 0 N–H and O–H groups in total. The van der Waals surface area contributed by atoms with Crippen molar-refractivity contribution in [2.45, 2.75) is 4.90 Å². The lowest BCUT2D eigenvalue weighted by molar-refractivity contribution is 0.609. The SMILES string of the molecule is N#Cc1cc(S(=O)(=O)Cl)cc(I)n1. The van der Waals surface area contributed by atoms with E-state index in [0.717, 1.165) is 6.07 Å². The van der Waals surface area contributed by atoms with Crippen LogP contribution >= 0.6 is 33.3 Å². The maximum Gasteiger partial charge on any atom is 0.261 e. The van der Waals surface area contributed by atoms with Gasteiger partial charge in [0.2, 0.25) is 0 Å². The van der Waals surface area contributed by atoms with E-state index < -0.39 is 9.05 Å². The molecule has 0 saturated carbocycles. The monoisotopic (exact) mass is 328 g/mol. The lowest BCUT2D eigenvalue weighted by Crippen LogP contribution is -1.95. The Morgan fingerprint density at radius 1 is 1.54 bits per heavy atom. The zero-order valence-electron chi connectivity index (χ0n) is 6.03. The molecular weight excluding hydrogens is 327 g/mol. The van der Waals surface area contributed by atoms with Crippen LogP contribution in [0.1, 0.15) is 5.69 Å². The van der Waals surface area contributed by atoms with Crippen LogP contribution in [0.3, 0.4) is 0 Å². The smallest absolute Gasteiger partial charge is 0.231 e. The van der Waals surface area contributed by atoms with Crippen molar-refractivity contribution in [3.63, 3.8) is 0 Å². The number of aromatic nitrogens is 1. The van der Waals surface area contributed by atoms with Crippen LogP contribution in [0.5, 0.6) is 0 Å². The Kier molecular flexibility index (Phi) is 3.10. The lowest BCUT2D eigenvalue weighted by atomic mass is 10.4. The summed E-state index contributed by atoms with van der Waals surface area (Å²) in [7, 11) is 1.31. The number of halogens is 2. The van der Waals surface area contributed by atoms with Crippen LogP contribution in [0.15, 0.2) is 17.0 Å². The summed E-state index contributed by atoms with van der Waals surface area (Å²) in [6, 6.07) is 4.17. The Balaban J connectivity index is 3.44. The van der Waals surface area contributed by atoms with E-state index in [1.54, 1.807) is 6.07 Å². The second kappa shape index (κ2) is 3.77. The quantitative estimate of drug-likeness (QED) is 0.445. The summed E-state index contributed by atoms with van der Waals surface area (Å²) >= 11 is 1.81. The Labute approximate surface area is 93.1 Å². The van der Waals surface area contributed by atoms with Crippen molar-refractivity contribution in [2.75, 3.05) is 0 Å². The van der Waals surface area contributed by atoms with Crippen molar-refractivity contribution in [1.29, 1.82) is 5.26 Å². The fourth-order valence-corrected chi connectivity index (χ4v) is 2.25. The number of hydrogen-bond acceptors (Lipinski definition) is 4. The first kappa shape index (κ1) is 10.7. The molecule has 0 aliphatic rings. The van der Waals surface area contributed by atoms with Gasteiger partial charge < -0.3 is 0 Å². The van der Waals surface area contributed by atoms with Gasteiger partial charge in [-0.05, 0) is 34.7 Å². The highest BCUT2D eigenvalue weighted by Gasteiger charge is 2.12. The summed E-state index contributed by atoms with van der Waals surface area (Å²) < 4.78 is 22.2. The molecule has 0 amide bonds. The van der Waals surface area contributed by atoms with Gasteiger partial charge in [-0.2, -0.15) is 5.26 Å². The van der Waals surface area contributed by atoms with Gasteiger partial charge >= 0.3 is 0 Å². The molecule has 0 spiro atoms. The molecule has 4 nitrogen and oxygen atoms in total. The van der Waals surface area contributed by atoms with Crippen LogP contribution in [0, 0.1) is 15.0 Å². The first-order chi connectivity index (χ1) is 5.93. The fourth-order valence-electron chi connectivity index (χ4n) is 0.671. The summed E-state index contributed by atoms with van der Waals surface area (Å²) in [6.07, 6.45) is 0. The normalized spacial score (nSPS) is 10.8. The van der Waals surface area contributed by atoms with Gasteiger partial charge in [0.15, 0.2) is 0 Å². The van der Waals surface area contributed by atoms with Crippen molar-refractivity contribution in [1.82, 2.24) is 4.98 Å². The second-order valence-corrected chi connectivity index (χ2v) is 5.73. The minimum Gasteiger partial charge on any atom is -0.231 e. The molecule has 0 aliphatic carbocycles. The van der Waals surface area contributed by atoms with Gasteiger partial charge in [0.25, 0.3) is 9.05 Å². The Bertz CT molecular complexity index is 480. The van der Waals surface area contributed by atoms with Crippen molar-refractivity contribution in [2.24, 2.45) is 0 Å². The largest absolute Gasteiger partial charge is 0.261 e. The molecule has 0 bridgehead atoms. The summed E-state index contributed by atoms with van der Waals surface area (Å²) in [6.45, 7) is 0. The molecular formula is C6H2ClIN2O2S. The van der Waals surface area contributed by atoms with Gasteiger partial charge in [-0.25, -0.2) is 13.4 Å². The minimum absolute atomic E-state index is 0.0334. The van der Waals surface area contributed by atoms with Crippen molar-refractivity contribution >= 4 is 42.3 Å². The first-order valence-corrected chi connectivity index (χ1v) is 6.34. The predicted molar refractivity (Wildman–Crippen MR) is 54.7 cm³/mol. The number of nitrogens with zero attached hydrogens (tertiary/aromatic N) is 2. The topological polar surface area (TPSA) is 70.8 Å². The zero-order valence-corrected chi connectivity index (χ0v) is 9.76. The Morgan fingerprint density at radius 3 is 2.62 bits per heavy atom. The van der Waals surface area contributed by atoms with E-state index in [4.69, 9.17) is 15.9 Å². The van der Waals surface area contributed by atoms with E-state index in [-0.39, 0.29) is 10.6 Å². The van der Waals surface area contributed by atoms with E-state index in [1.165, 1.54) is 6.07 Å². The van der Waals surface area contributed by atoms with Crippen LogP contribution in [0.4, 0.5) is 0 Å². The number of nitriles is 1. The highest BCUT2D eigenvalue weighted by Crippen LogP contribution is 2.17. The predicted octanol–water partition coefficient (Wildman–Crippen LogP) is 1.49. The summed E-state index contributed by atoms with van der Waals surface area (Å²) in [5.74, 6) is 0. The van der Waals surface area contributed by atoms with Crippen LogP contribution in [-0.4, -0.2) is 13.4 Å². The summed E-state index contributed by atoms with van der Waals surface area (Å²) in [5, 5.41) is 8.50. The molecule has 0 unspecified atom stereocenters. The minimum atomic E-state index is -3.78. The van der Waals surface area contributed by atoms with Crippen molar-refractivity contribution < 1.29 is 8.42 Å². The third-order valence-corrected chi connectivity index (χ3v) is 3.05. The zero-order chi connectivity index (χ0) is 10.1. The molecule has 0 saturated heterocycles. The van der Waals surface area contributed by atoms with Gasteiger partial charge in [0, 0.05) is 10.7 Å². The van der Waals surface area contributed by atoms with Crippen LogP contribution in [-0.2, 0) is 9.05 Å². The molecule has 1 heterocycles. The average molecular weight is 329 g/mol. The van der Waals surface area contributed by atoms with Gasteiger partial charge in [-0.1, -0.05) is 0 Å². The third-order valence-electron chi connectivity index (χ3n) is 1.16. The van der Waals surface area contributed by atoms with Gasteiger partial charge in [0.05, 0.1) is 4.90 Å². The van der Waals surface area contributed by atoms with Gasteiger partial charge in [-0.15, -0.1) is 0 Å². The molecule has 1 aromatic heterocycles. The molecule has 68 valence electrons. The molecule has 0 aromatic carbocycles. The summed E-state index contributed by atoms with van der Waals surface area (Å²) in [4.78, 5) is 3.66. The van der Waals surface area contributed by atoms with E-state index in [0.29, 0.717) is 3.70 Å². The molecule has 1 aromatic rings. The fraction of sp³-hybridized carbons (Fsp3) is 0. The molecule has 0 fully saturated rings. The van der Waals surface area contributed by atoms with Crippen LogP contribution < -0.4 is 0 Å². The maximum atomic E-state index is 10.9. The Hall–Kier alpha value is -0.390. The molecule has 0 radical (unpaired) electrons. The Morgan fingerprint density at radius 2 is 2.15 bits per heavy atom. The standard InChI is InChI=1S/C6H2ClIN2O2S/c7-13(11,12)5-1-4(3-9)10-6(8)2-5/h1-2H. The van der Waals surface area contributed by atoms with Gasteiger partial charge in [0.1, 0.15) is 15.5 Å². The highest BCUT2D eigenvalue weighted by molar-refractivity contribution is 14.1. The first-order valence-electron chi connectivity index (χ1n) is 2.96. The maximum absolute atomic E-state index is 10.9. The second-order valence-electron chi connectivity index (χ2n) is 2.06. The third kappa shape index (κ3) is 2.79. The molecule has 1 rings (SSSR count). The molecule has 7 heteroatoms. The van der Waals surface area contributed by atoms with E-state index in [2.05, 4.69) is 4.98 Å².